The van der Waals surface area contributed by atoms with E-state index in [4.69, 9.17) is 0 Å². The summed E-state index contributed by atoms with van der Waals surface area (Å²) in [7, 11) is 0. The number of aliphatic hydroxyl groups is 1. The number of carbonyl (C=O) groups is 1. The van der Waals surface area contributed by atoms with Gasteiger partial charge in [-0.3, -0.25) is 4.79 Å². The number of hydrogen-bond acceptors (Lipinski definition) is 4. The number of benzene rings is 1. The van der Waals surface area contributed by atoms with E-state index in [1.807, 2.05) is 0 Å². The van der Waals surface area contributed by atoms with Gasteiger partial charge in [-0.05, 0) is 36.8 Å². The van der Waals surface area contributed by atoms with Crippen LogP contribution in [0.3, 0.4) is 0 Å². The van der Waals surface area contributed by atoms with Crippen LogP contribution in [0.4, 0.5) is 26.3 Å². The molecule has 0 aliphatic carbocycles. The molecule has 1 aliphatic rings. The van der Waals surface area contributed by atoms with E-state index >= 15 is 0 Å². The fraction of sp³-hybridized carbons (Fsp3) is 0.467. The van der Waals surface area contributed by atoms with Crippen molar-refractivity contribution in [2.45, 2.75) is 31.0 Å². The molecule has 12 heteroatoms. The summed E-state index contributed by atoms with van der Waals surface area (Å²) in [5.41, 5.74) is -4.91. The Labute approximate surface area is 154 Å². The number of nitrogens with one attached hydrogen (secondary N) is 2. The zero-order valence-corrected chi connectivity index (χ0v) is 14.4. The molecule has 0 aromatic heterocycles. The molecule has 27 heavy (non-hydrogen) atoms. The first kappa shape index (κ1) is 21.2. The van der Waals surface area contributed by atoms with E-state index in [9.17, 15) is 36.2 Å². The molecule has 0 amide bonds. The van der Waals surface area contributed by atoms with Gasteiger partial charge in [0.25, 0.3) is 5.72 Å². The van der Waals surface area contributed by atoms with Gasteiger partial charge < -0.3 is 20.5 Å². The SMILES string of the molecule is CCOC(=O)[C@@H]1[C@@H](c2ccc(C(F)(F)F)cc2)NC(=S)N[C@]1(O)C(F)(F)F. The van der Waals surface area contributed by atoms with Crippen LogP contribution < -0.4 is 10.6 Å². The molecule has 2 rings (SSSR count). The van der Waals surface area contributed by atoms with Crippen molar-refractivity contribution in [3.8, 4) is 0 Å². The van der Waals surface area contributed by atoms with Crippen LogP contribution in [-0.2, 0) is 15.7 Å². The summed E-state index contributed by atoms with van der Waals surface area (Å²) < 4.78 is 83.2. The molecule has 0 bridgehead atoms. The van der Waals surface area contributed by atoms with Gasteiger partial charge in [0.2, 0.25) is 0 Å². The molecule has 1 aromatic carbocycles. The van der Waals surface area contributed by atoms with Crippen LogP contribution in [0.2, 0.25) is 0 Å². The Kier molecular flexibility index (Phi) is 5.62. The topological polar surface area (TPSA) is 70.6 Å². The highest BCUT2D eigenvalue weighted by Gasteiger charge is 2.66. The zero-order chi connectivity index (χ0) is 20.6. The maximum absolute atomic E-state index is 13.5. The Morgan fingerprint density at radius 3 is 2.22 bits per heavy atom. The third-order valence-electron chi connectivity index (χ3n) is 3.94. The van der Waals surface area contributed by atoms with Crippen LogP contribution in [0.25, 0.3) is 0 Å². The van der Waals surface area contributed by atoms with E-state index in [0.29, 0.717) is 12.1 Å². The molecule has 1 aromatic rings. The van der Waals surface area contributed by atoms with E-state index in [1.54, 1.807) is 5.32 Å². The molecule has 5 nitrogen and oxygen atoms in total. The van der Waals surface area contributed by atoms with E-state index in [-0.39, 0.29) is 12.2 Å². The first-order valence-corrected chi connectivity index (χ1v) is 7.93. The highest BCUT2D eigenvalue weighted by Crippen LogP contribution is 2.43. The Morgan fingerprint density at radius 2 is 1.78 bits per heavy atom. The van der Waals surface area contributed by atoms with Gasteiger partial charge in [-0.25, -0.2) is 0 Å². The van der Waals surface area contributed by atoms with E-state index in [1.165, 1.54) is 6.92 Å². The first-order valence-electron chi connectivity index (χ1n) is 7.53. The highest BCUT2D eigenvalue weighted by atomic mass is 32.1. The lowest BCUT2D eigenvalue weighted by Gasteiger charge is -2.45. The van der Waals surface area contributed by atoms with Gasteiger partial charge >= 0.3 is 18.3 Å². The van der Waals surface area contributed by atoms with E-state index in [2.05, 4.69) is 22.3 Å². The van der Waals surface area contributed by atoms with Gasteiger partial charge in [-0.1, -0.05) is 12.1 Å². The maximum atomic E-state index is 13.5. The highest BCUT2D eigenvalue weighted by molar-refractivity contribution is 7.80. The molecule has 0 radical (unpaired) electrons. The molecule has 3 N–H and O–H groups in total. The Hall–Kier alpha value is -2.08. The van der Waals surface area contributed by atoms with Crippen molar-refractivity contribution in [1.29, 1.82) is 0 Å². The van der Waals surface area contributed by atoms with Crippen LogP contribution in [-0.4, -0.2) is 34.7 Å². The second-order valence-corrected chi connectivity index (χ2v) is 6.10. The van der Waals surface area contributed by atoms with Crippen molar-refractivity contribution in [2.75, 3.05) is 6.61 Å². The van der Waals surface area contributed by atoms with Crippen molar-refractivity contribution in [3.63, 3.8) is 0 Å². The zero-order valence-electron chi connectivity index (χ0n) is 13.6. The molecule has 3 atom stereocenters. The van der Waals surface area contributed by atoms with Gasteiger partial charge in [-0.2, -0.15) is 26.3 Å². The van der Waals surface area contributed by atoms with Crippen LogP contribution in [0.15, 0.2) is 24.3 Å². The third kappa shape index (κ3) is 4.10. The summed E-state index contributed by atoms with van der Waals surface area (Å²) in [6.07, 6.45) is -9.98. The standard InChI is InChI=1S/C15H14F6N2O3S/c1-2-26-11(24)9-10(7-3-5-8(6-4-7)14(16,17)18)22-12(27)23-13(9,25)15(19,20)21/h3-6,9-10,25H,2H2,1H3,(H2,22,23,27)/t9-,10+,13+/m0/s1. The number of carbonyl (C=O) groups excluding carboxylic acids is 1. The van der Waals surface area contributed by atoms with Crippen molar-refractivity contribution < 1.29 is 41.0 Å². The number of rotatable bonds is 3. The first-order chi connectivity index (χ1) is 12.3. The molecule has 1 aliphatic heterocycles. The fourth-order valence-electron chi connectivity index (χ4n) is 2.69. The van der Waals surface area contributed by atoms with Crippen LogP contribution in [0.1, 0.15) is 24.1 Å². The molecular weight excluding hydrogens is 402 g/mol. The largest absolute Gasteiger partial charge is 0.466 e. The Morgan fingerprint density at radius 1 is 1.22 bits per heavy atom. The fourth-order valence-corrected chi connectivity index (χ4v) is 2.98. The maximum Gasteiger partial charge on any atom is 0.437 e. The van der Waals surface area contributed by atoms with Gasteiger partial charge in [-0.15, -0.1) is 0 Å². The predicted octanol–water partition coefficient (Wildman–Crippen LogP) is 2.65. The number of alkyl halides is 6. The Bertz CT molecular complexity index is 722. The summed E-state index contributed by atoms with van der Waals surface area (Å²) in [5, 5.41) is 13.6. The lowest BCUT2D eigenvalue weighted by atomic mass is 9.82. The number of ether oxygens (including phenoxy) is 1. The quantitative estimate of drug-likeness (QED) is 0.400. The number of esters is 1. The van der Waals surface area contributed by atoms with Crippen molar-refractivity contribution in [1.82, 2.24) is 10.6 Å². The van der Waals surface area contributed by atoms with E-state index in [0.717, 1.165) is 12.1 Å². The average Bonchev–Trinajstić information content (AvgIpc) is 2.52. The second-order valence-electron chi connectivity index (χ2n) is 5.69. The lowest BCUT2D eigenvalue weighted by molar-refractivity contribution is -0.292. The molecule has 0 spiro atoms. The lowest BCUT2D eigenvalue weighted by Crippen LogP contribution is -2.73. The molecule has 0 saturated carbocycles. The minimum Gasteiger partial charge on any atom is -0.466 e. The van der Waals surface area contributed by atoms with Crippen molar-refractivity contribution in [3.05, 3.63) is 35.4 Å². The molecular formula is C15H14F6N2O3S. The summed E-state index contributed by atoms with van der Waals surface area (Å²) in [5.74, 6) is -3.66. The molecule has 1 heterocycles. The number of halogens is 6. The summed E-state index contributed by atoms with van der Waals surface area (Å²) in [6.45, 7) is 1.08. The number of thiocarbonyl (C=S) groups is 1. The summed E-state index contributed by atoms with van der Waals surface area (Å²) in [6, 6.07) is 1.52. The predicted molar refractivity (Wildman–Crippen MR) is 84.2 cm³/mol. The van der Waals surface area contributed by atoms with Crippen LogP contribution >= 0.6 is 12.2 Å². The summed E-state index contributed by atoms with van der Waals surface area (Å²) >= 11 is 4.68. The van der Waals surface area contributed by atoms with Crippen LogP contribution in [0.5, 0.6) is 0 Å². The third-order valence-corrected chi connectivity index (χ3v) is 4.16. The van der Waals surface area contributed by atoms with Gasteiger partial charge in [0.05, 0.1) is 18.2 Å². The smallest absolute Gasteiger partial charge is 0.437 e. The second kappa shape index (κ2) is 7.15. The van der Waals surface area contributed by atoms with Gasteiger partial charge in [0, 0.05) is 0 Å². The monoisotopic (exact) mass is 416 g/mol. The van der Waals surface area contributed by atoms with E-state index < -0.39 is 46.7 Å². The summed E-state index contributed by atoms with van der Waals surface area (Å²) in [4.78, 5) is 12.2. The minimum atomic E-state index is -5.33. The molecule has 1 fully saturated rings. The normalized spacial score (nSPS) is 26.1. The number of hydrogen-bond donors (Lipinski definition) is 3. The van der Waals surface area contributed by atoms with Crippen molar-refractivity contribution >= 4 is 23.3 Å². The van der Waals surface area contributed by atoms with Gasteiger partial charge in [0.15, 0.2) is 5.11 Å². The molecule has 150 valence electrons. The Balaban J connectivity index is 2.53. The molecule has 0 unspecified atom stereocenters. The minimum absolute atomic E-state index is 0.118. The van der Waals surface area contributed by atoms with Crippen LogP contribution in [0, 0.1) is 5.92 Å². The van der Waals surface area contributed by atoms with Gasteiger partial charge in [0.1, 0.15) is 5.92 Å². The van der Waals surface area contributed by atoms with Crippen molar-refractivity contribution in [2.24, 2.45) is 5.92 Å². The average molecular weight is 416 g/mol. The molecule has 1 saturated heterocycles.